The third-order valence-corrected chi connectivity index (χ3v) is 2.89. The van der Waals surface area contributed by atoms with Crippen LogP contribution >= 0.6 is 0 Å². The lowest BCUT2D eigenvalue weighted by Crippen LogP contribution is -2.13. The van der Waals surface area contributed by atoms with E-state index in [2.05, 4.69) is 15.0 Å². The maximum atomic E-state index is 12.9. The van der Waals surface area contributed by atoms with Crippen LogP contribution in [-0.4, -0.2) is 26.6 Å². The quantitative estimate of drug-likeness (QED) is 0.729. The lowest BCUT2D eigenvalue weighted by molar-refractivity contribution is -0.144. The zero-order valence-electron chi connectivity index (χ0n) is 10.8. The topological polar surface area (TPSA) is 52.8 Å². The number of rotatable bonds is 2. The number of benzene rings is 1. The highest BCUT2D eigenvalue weighted by Gasteiger charge is 2.35. The predicted octanol–water partition coefficient (Wildman–Crippen LogP) is 2.84. The van der Waals surface area contributed by atoms with Crippen LogP contribution in [0.3, 0.4) is 0 Å². The maximum absolute atomic E-state index is 12.9. The van der Waals surface area contributed by atoms with Gasteiger partial charge < -0.3 is 4.74 Å². The van der Waals surface area contributed by atoms with Gasteiger partial charge in [-0.25, -0.2) is 15.0 Å². The number of hydrogen-bond donors (Lipinski definition) is 0. The summed E-state index contributed by atoms with van der Waals surface area (Å²) in [5, 5.41) is 0.474. The molecule has 0 atom stereocenters. The summed E-state index contributed by atoms with van der Waals surface area (Å²) < 4.78 is 45.2. The van der Waals surface area contributed by atoms with Gasteiger partial charge in [0.1, 0.15) is 17.9 Å². The third-order valence-electron chi connectivity index (χ3n) is 2.89. The Morgan fingerprint density at radius 1 is 1.19 bits per heavy atom. The molecule has 5 nitrogen and oxygen atoms in total. The normalized spacial score (nSPS) is 11.8. The van der Waals surface area contributed by atoms with Crippen LogP contribution in [0.5, 0.6) is 5.75 Å². The first-order valence-corrected chi connectivity index (χ1v) is 5.90. The summed E-state index contributed by atoms with van der Waals surface area (Å²) in [6, 6.07) is 4.69. The fraction of sp³-hybridized carbons (Fsp3) is 0.154. The van der Waals surface area contributed by atoms with E-state index in [1.807, 2.05) is 0 Å². The van der Waals surface area contributed by atoms with Crippen LogP contribution in [0.15, 0.2) is 36.9 Å². The summed E-state index contributed by atoms with van der Waals surface area (Å²) >= 11 is 0. The second kappa shape index (κ2) is 4.72. The molecule has 8 heteroatoms. The number of nitrogens with zero attached hydrogens (tertiary/aromatic N) is 4. The van der Waals surface area contributed by atoms with Crippen molar-refractivity contribution in [1.82, 2.24) is 19.5 Å². The summed E-state index contributed by atoms with van der Waals surface area (Å²) in [6.45, 7) is 0. The van der Waals surface area contributed by atoms with Crippen molar-refractivity contribution in [3.8, 4) is 11.6 Å². The molecule has 0 N–H and O–H groups in total. The van der Waals surface area contributed by atoms with Crippen LogP contribution in [0.25, 0.3) is 16.7 Å². The van der Waals surface area contributed by atoms with E-state index in [1.54, 1.807) is 12.1 Å². The molecule has 0 radical (unpaired) electrons. The van der Waals surface area contributed by atoms with Gasteiger partial charge in [-0.2, -0.15) is 13.2 Å². The molecule has 0 saturated carbocycles. The van der Waals surface area contributed by atoms with Gasteiger partial charge in [-0.15, -0.1) is 0 Å². The molecule has 0 fully saturated rings. The fourth-order valence-corrected chi connectivity index (χ4v) is 1.93. The molecular formula is C13H9F3N4O. The van der Waals surface area contributed by atoms with Crippen LogP contribution in [0.2, 0.25) is 0 Å². The molecule has 21 heavy (non-hydrogen) atoms. The van der Waals surface area contributed by atoms with Crippen LogP contribution in [-0.2, 0) is 6.18 Å². The molecule has 0 aliphatic heterocycles. The first-order chi connectivity index (χ1) is 9.99. The minimum absolute atomic E-state index is 0.118. The summed E-state index contributed by atoms with van der Waals surface area (Å²) in [7, 11) is 1.43. The Hall–Kier alpha value is -2.64. The van der Waals surface area contributed by atoms with Crippen molar-refractivity contribution < 1.29 is 17.9 Å². The lowest BCUT2D eigenvalue weighted by Gasteiger charge is -2.11. The number of hydrogen-bond acceptors (Lipinski definition) is 4. The largest absolute Gasteiger partial charge is 0.497 e. The molecule has 0 unspecified atom stereocenters. The maximum Gasteiger partial charge on any atom is 0.451 e. The van der Waals surface area contributed by atoms with Crippen molar-refractivity contribution in [2.24, 2.45) is 0 Å². The number of halogens is 3. The smallest absolute Gasteiger partial charge is 0.451 e. The van der Waals surface area contributed by atoms with E-state index >= 15 is 0 Å². The van der Waals surface area contributed by atoms with E-state index in [4.69, 9.17) is 4.74 Å². The van der Waals surface area contributed by atoms with Crippen LogP contribution in [0, 0.1) is 0 Å². The molecule has 2 heterocycles. The fourth-order valence-electron chi connectivity index (χ4n) is 1.93. The number of fused-ring (bicyclic) bond motifs is 1. The SMILES string of the molecule is COc1ccc2c(-n3ccnc3)nc(C(F)(F)F)nc2c1. The molecular weight excluding hydrogens is 285 g/mol. The van der Waals surface area contributed by atoms with E-state index in [0.717, 1.165) is 0 Å². The van der Waals surface area contributed by atoms with Gasteiger partial charge in [0.05, 0.1) is 12.6 Å². The van der Waals surface area contributed by atoms with Crippen molar-refractivity contribution in [3.63, 3.8) is 0 Å². The van der Waals surface area contributed by atoms with Crippen molar-refractivity contribution >= 4 is 10.9 Å². The Kier molecular flexibility index (Phi) is 3.00. The molecule has 0 bridgehead atoms. The van der Waals surface area contributed by atoms with Crippen LogP contribution < -0.4 is 4.74 Å². The number of aromatic nitrogens is 4. The second-order valence-corrected chi connectivity index (χ2v) is 4.22. The summed E-state index contributed by atoms with van der Waals surface area (Å²) in [6.07, 6.45) is -0.268. The molecule has 0 amide bonds. The van der Waals surface area contributed by atoms with E-state index in [-0.39, 0.29) is 11.3 Å². The predicted molar refractivity (Wildman–Crippen MR) is 68.2 cm³/mol. The van der Waals surface area contributed by atoms with Gasteiger partial charge >= 0.3 is 6.18 Å². The molecule has 0 saturated heterocycles. The Morgan fingerprint density at radius 2 is 2.00 bits per heavy atom. The summed E-state index contributed by atoms with van der Waals surface area (Å²) in [5.74, 6) is -0.662. The lowest BCUT2D eigenvalue weighted by atomic mass is 10.2. The van der Waals surface area contributed by atoms with Crippen molar-refractivity contribution in [2.45, 2.75) is 6.18 Å². The number of ether oxygens (including phenoxy) is 1. The summed E-state index contributed by atoms with van der Waals surface area (Å²) in [5.41, 5.74) is 0.153. The third kappa shape index (κ3) is 2.39. The first-order valence-electron chi connectivity index (χ1n) is 5.90. The Morgan fingerprint density at radius 3 is 2.62 bits per heavy atom. The molecule has 2 aromatic heterocycles. The zero-order chi connectivity index (χ0) is 15.0. The van der Waals surface area contributed by atoms with Gasteiger partial charge in [-0.1, -0.05) is 0 Å². The van der Waals surface area contributed by atoms with E-state index < -0.39 is 12.0 Å². The molecule has 3 rings (SSSR count). The Balaban J connectivity index is 2.33. The van der Waals surface area contributed by atoms with Gasteiger partial charge in [0.15, 0.2) is 0 Å². The molecule has 0 spiro atoms. The highest BCUT2D eigenvalue weighted by atomic mass is 19.4. The summed E-state index contributed by atoms with van der Waals surface area (Å²) in [4.78, 5) is 11.0. The average Bonchev–Trinajstić information content (AvgIpc) is 2.98. The van der Waals surface area contributed by atoms with Crippen molar-refractivity contribution in [1.29, 1.82) is 0 Å². The van der Waals surface area contributed by atoms with Crippen molar-refractivity contribution in [3.05, 3.63) is 42.7 Å². The Labute approximate surface area is 117 Å². The molecule has 0 aliphatic rings. The zero-order valence-corrected chi connectivity index (χ0v) is 10.8. The van der Waals surface area contributed by atoms with E-state index in [0.29, 0.717) is 11.1 Å². The van der Waals surface area contributed by atoms with Crippen LogP contribution in [0.1, 0.15) is 5.82 Å². The second-order valence-electron chi connectivity index (χ2n) is 4.22. The van der Waals surface area contributed by atoms with Crippen LogP contribution in [0.4, 0.5) is 13.2 Å². The highest BCUT2D eigenvalue weighted by Crippen LogP contribution is 2.31. The number of alkyl halides is 3. The molecule has 3 aromatic rings. The molecule has 0 aliphatic carbocycles. The average molecular weight is 294 g/mol. The van der Waals surface area contributed by atoms with Gasteiger partial charge in [0.25, 0.3) is 0 Å². The number of imidazole rings is 1. The van der Waals surface area contributed by atoms with Gasteiger partial charge in [0, 0.05) is 23.8 Å². The Bertz CT molecular complexity index is 784. The van der Waals surface area contributed by atoms with Gasteiger partial charge in [0.2, 0.25) is 5.82 Å². The van der Waals surface area contributed by atoms with Crippen molar-refractivity contribution in [2.75, 3.05) is 7.11 Å². The minimum atomic E-state index is -4.63. The molecule has 108 valence electrons. The van der Waals surface area contributed by atoms with E-state index in [9.17, 15) is 13.2 Å². The van der Waals surface area contributed by atoms with E-state index in [1.165, 1.54) is 36.5 Å². The monoisotopic (exact) mass is 294 g/mol. The number of methoxy groups -OCH3 is 1. The minimum Gasteiger partial charge on any atom is -0.497 e. The standard InChI is InChI=1S/C13H9F3N4O/c1-21-8-2-3-9-10(6-8)18-12(13(14,15)16)19-11(9)20-5-4-17-7-20/h2-7H,1H3. The molecule has 1 aromatic carbocycles. The first kappa shape index (κ1) is 13.3. The van der Waals surface area contributed by atoms with Gasteiger partial charge in [-0.3, -0.25) is 4.57 Å². The highest BCUT2D eigenvalue weighted by molar-refractivity contribution is 5.86. The van der Waals surface area contributed by atoms with Gasteiger partial charge in [-0.05, 0) is 12.1 Å².